The number of hydrogen-bond donors (Lipinski definition) is 0. The number of esters is 1. The van der Waals surface area contributed by atoms with Crippen LogP contribution in [0.4, 0.5) is 4.79 Å². The van der Waals surface area contributed by atoms with Crippen LogP contribution in [0, 0.1) is 11.3 Å². The number of rotatable bonds is 5. The number of hydrogen-bond acceptors (Lipinski definition) is 6. The lowest BCUT2D eigenvalue weighted by atomic mass is 9.91. The lowest BCUT2D eigenvalue weighted by Gasteiger charge is -2.39. The lowest BCUT2D eigenvalue weighted by molar-refractivity contribution is 0.0560. The van der Waals surface area contributed by atoms with Crippen LogP contribution in [0.1, 0.15) is 52.0 Å². The summed E-state index contributed by atoms with van der Waals surface area (Å²) < 4.78 is 12.2. The molecular weight excluding hydrogens is 420 g/mol. The maximum absolute atomic E-state index is 13.0. The van der Waals surface area contributed by atoms with Crippen molar-refractivity contribution in [2.75, 3.05) is 13.7 Å². The first-order valence-corrected chi connectivity index (χ1v) is 10.7. The molecule has 1 aliphatic rings. The second-order valence-corrected chi connectivity index (χ2v) is 7.86. The number of benzene rings is 2. The van der Waals surface area contributed by atoms with Gasteiger partial charge in [0.1, 0.15) is 12.7 Å². The van der Waals surface area contributed by atoms with E-state index in [9.17, 15) is 9.59 Å². The van der Waals surface area contributed by atoms with Crippen LogP contribution in [0.2, 0.25) is 0 Å². The first kappa shape index (κ1) is 22.1. The molecule has 33 heavy (non-hydrogen) atoms. The molecule has 2 unspecified atom stereocenters. The van der Waals surface area contributed by atoms with Crippen LogP contribution in [0.15, 0.2) is 67.0 Å². The minimum Gasteiger partial charge on any atom is -0.465 e. The van der Waals surface area contributed by atoms with E-state index in [1.54, 1.807) is 34.1 Å². The minimum atomic E-state index is -0.414. The van der Waals surface area contributed by atoms with Crippen molar-refractivity contribution >= 4 is 12.1 Å². The molecule has 1 amide bonds. The van der Waals surface area contributed by atoms with Gasteiger partial charge in [-0.25, -0.2) is 9.59 Å². The second-order valence-electron chi connectivity index (χ2n) is 7.86. The zero-order valence-electron chi connectivity index (χ0n) is 18.3. The first-order valence-electron chi connectivity index (χ1n) is 10.7. The normalized spacial score (nSPS) is 17.8. The molecule has 1 saturated heterocycles. The summed E-state index contributed by atoms with van der Waals surface area (Å²) in [5.74, 6) is -0.414. The number of nitriles is 1. The topological polar surface area (TPSA) is 97.5 Å². The summed E-state index contributed by atoms with van der Waals surface area (Å²) in [7, 11) is 1.34. The van der Waals surface area contributed by atoms with Crippen molar-refractivity contribution in [2.24, 2.45) is 0 Å². The van der Waals surface area contributed by atoms with Gasteiger partial charge in [-0.2, -0.15) is 10.4 Å². The zero-order valence-corrected chi connectivity index (χ0v) is 18.3. The van der Waals surface area contributed by atoms with E-state index >= 15 is 0 Å². The summed E-state index contributed by atoms with van der Waals surface area (Å²) in [6.07, 6.45) is 4.16. The molecule has 0 spiro atoms. The summed E-state index contributed by atoms with van der Waals surface area (Å²) >= 11 is 0. The average molecular weight is 444 g/mol. The van der Waals surface area contributed by atoms with Gasteiger partial charge in [0, 0.05) is 12.7 Å². The second kappa shape index (κ2) is 10.0. The Kier molecular flexibility index (Phi) is 6.69. The van der Waals surface area contributed by atoms with Crippen LogP contribution in [-0.2, 0) is 16.1 Å². The number of carbonyl (C=O) groups is 2. The van der Waals surface area contributed by atoms with Gasteiger partial charge >= 0.3 is 12.1 Å². The Labute approximate surface area is 191 Å². The van der Waals surface area contributed by atoms with E-state index in [0.717, 1.165) is 11.1 Å². The number of carbonyl (C=O) groups excluding carboxylic acids is 2. The number of amides is 1. The smallest absolute Gasteiger partial charge is 0.410 e. The monoisotopic (exact) mass is 444 g/mol. The maximum Gasteiger partial charge on any atom is 0.410 e. The van der Waals surface area contributed by atoms with Crippen LogP contribution < -0.4 is 0 Å². The average Bonchev–Trinajstić information content (AvgIpc) is 3.36. The fourth-order valence-corrected chi connectivity index (χ4v) is 4.08. The first-order chi connectivity index (χ1) is 16.1. The van der Waals surface area contributed by atoms with Gasteiger partial charge in [0.2, 0.25) is 0 Å². The zero-order chi connectivity index (χ0) is 23.2. The summed E-state index contributed by atoms with van der Waals surface area (Å²) in [5, 5.41) is 13.5. The van der Waals surface area contributed by atoms with Crippen LogP contribution in [-0.4, -0.2) is 40.4 Å². The van der Waals surface area contributed by atoms with E-state index in [-0.39, 0.29) is 18.7 Å². The third-order valence-electron chi connectivity index (χ3n) is 5.84. The van der Waals surface area contributed by atoms with Crippen LogP contribution in [0.25, 0.3) is 0 Å². The van der Waals surface area contributed by atoms with Crippen LogP contribution >= 0.6 is 0 Å². The lowest BCUT2D eigenvalue weighted by Crippen LogP contribution is -2.42. The summed E-state index contributed by atoms with van der Waals surface area (Å²) in [5.41, 5.74) is 2.74. The van der Waals surface area contributed by atoms with Gasteiger partial charge in [0.25, 0.3) is 0 Å². The number of ether oxygens (including phenoxy) is 2. The molecule has 0 N–H and O–H groups in total. The Morgan fingerprint density at radius 1 is 1.15 bits per heavy atom. The molecule has 8 heteroatoms. The van der Waals surface area contributed by atoms with E-state index in [2.05, 4.69) is 11.2 Å². The Morgan fingerprint density at radius 2 is 1.91 bits per heavy atom. The third-order valence-corrected chi connectivity index (χ3v) is 5.84. The number of piperidine rings is 1. The molecule has 0 saturated carbocycles. The van der Waals surface area contributed by atoms with Gasteiger partial charge in [-0.05, 0) is 36.1 Å². The molecule has 2 heterocycles. The highest BCUT2D eigenvalue weighted by atomic mass is 16.6. The predicted octanol–water partition coefficient (Wildman–Crippen LogP) is 4.26. The van der Waals surface area contributed by atoms with Crippen molar-refractivity contribution in [3.05, 3.63) is 89.2 Å². The van der Waals surface area contributed by atoms with Gasteiger partial charge in [0.15, 0.2) is 0 Å². The summed E-state index contributed by atoms with van der Waals surface area (Å²) in [6.45, 7) is 0.668. The number of nitrogens with zero attached hydrogens (tertiary/aromatic N) is 4. The van der Waals surface area contributed by atoms with E-state index < -0.39 is 12.1 Å². The van der Waals surface area contributed by atoms with Gasteiger partial charge in [-0.1, -0.05) is 42.5 Å². The van der Waals surface area contributed by atoms with Gasteiger partial charge in [0.05, 0.1) is 36.5 Å². The van der Waals surface area contributed by atoms with Gasteiger partial charge < -0.3 is 14.4 Å². The van der Waals surface area contributed by atoms with Crippen molar-refractivity contribution in [1.82, 2.24) is 14.7 Å². The number of likely N-dealkylation sites (tertiary alicyclic amines) is 1. The van der Waals surface area contributed by atoms with Crippen molar-refractivity contribution in [1.29, 1.82) is 5.26 Å². The van der Waals surface area contributed by atoms with E-state index in [0.29, 0.717) is 30.5 Å². The Balaban J connectivity index is 1.55. The molecule has 1 fully saturated rings. The molecular formula is C25H24N4O4. The molecule has 8 nitrogen and oxygen atoms in total. The molecule has 0 aliphatic carbocycles. The highest BCUT2D eigenvalue weighted by Gasteiger charge is 2.35. The van der Waals surface area contributed by atoms with Gasteiger partial charge in [-0.3, -0.25) is 4.68 Å². The molecule has 3 aromatic rings. The number of methoxy groups -OCH3 is 1. The quantitative estimate of drug-likeness (QED) is 0.546. The van der Waals surface area contributed by atoms with Crippen molar-refractivity contribution in [2.45, 2.75) is 31.5 Å². The summed E-state index contributed by atoms with van der Waals surface area (Å²) in [4.78, 5) is 26.6. The fraction of sp³-hybridized carbons (Fsp3) is 0.280. The maximum atomic E-state index is 13.0. The van der Waals surface area contributed by atoms with E-state index in [1.807, 2.05) is 42.5 Å². The molecule has 2 atom stereocenters. The van der Waals surface area contributed by atoms with Crippen molar-refractivity contribution in [3.8, 4) is 6.07 Å². The molecule has 0 bridgehead atoms. The molecule has 4 rings (SSSR count). The minimum absolute atomic E-state index is 0.0237. The molecule has 1 aromatic heterocycles. The van der Waals surface area contributed by atoms with Crippen molar-refractivity contribution < 1.29 is 19.1 Å². The van der Waals surface area contributed by atoms with Crippen LogP contribution in [0.3, 0.4) is 0 Å². The predicted molar refractivity (Wildman–Crippen MR) is 119 cm³/mol. The van der Waals surface area contributed by atoms with Crippen LogP contribution in [0.5, 0.6) is 0 Å². The highest BCUT2D eigenvalue weighted by molar-refractivity contribution is 5.89. The molecule has 2 aromatic carbocycles. The summed E-state index contributed by atoms with van der Waals surface area (Å²) in [6, 6.07) is 18.4. The largest absolute Gasteiger partial charge is 0.465 e. The molecule has 168 valence electrons. The molecule has 1 aliphatic heterocycles. The standard InChI is InChI=1S/C25H24N4O4/c1-32-24(30)21-9-7-20(8-10-21)23-13-22(29-16-19(14-26)15-27-29)11-12-28(23)25(31)33-17-18-5-3-2-4-6-18/h2-10,15-16,22-23H,11-13,17H2,1H3. The fourth-order valence-electron chi connectivity index (χ4n) is 4.08. The Hall–Kier alpha value is -4.12. The Bertz CT molecular complexity index is 1150. The Morgan fingerprint density at radius 3 is 2.58 bits per heavy atom. The van der Waals surface area contributed by atoms with E-state index in [1.165, 1.54) is 7.11 Å². The van der Waals surface area contributed by atoms with Gasteiger partial charge in [-0.15, -0.1) is 0 Å². The third kappa shape index (κ3) is 5.04. The molecule has 0 radical (unpaired) electrons. The van der Waals surface area contributed by atoms with Crippen molar-refractivity contribution in [3.63, 3.8) is 0 Å². The number of aromatic nitrogens is 2. The highest BCUT2D eigenvalue weighted by Crippen LogP contribution is 2.37. The van der Waals surface area contributed by atoms with E-state index in [4.69, 9.17) is 14.7 Å². The SMILES string of the molecule is COC(=O)c1ccc(C2CC(n3cc(C#N)cn3)CCN2C(=O)OCc2ccccc2)cc1.